The van der Waals surface area contributed by atoms with E-state index in [2.05, 4.69) is 18.1 Å². The minimum atomic E-state index is -0.201. The van der Waals surface area contributed by atoms with E-state index in [0.717, 1.165) is 23.2 Å². The first-order chi connectivity index (χ1) is 7.61. The fourth-order valence-corrected chi connectivity index (χ4v) is 1.88. The second-order valence-electron chi connectivity index (χ2n) is 3.96. The summed E-state index contributed by atoms with van der Waals surface area (Å²) in [7, 11) is 1.93. The van der Waals surface area contributed by atoms with E-state index in [1.54, 1.807) is 6.07 Å². The van der Waals surface area contributed by atoms with Crippen molar-refractivity contribution in [2.75, 3.05) is 0 Å². The van der Waals surface area contributed by atoms with Crippen LogP contribution in [0.2, 0.25) is 0 Å². The zero-order chi connectivity index (χ0) is 11.7. The lowest BCUT2D eigenvalue weighted by Gasteiger charge is -2.01. The molecule has 0 spiro atoms. The molecule has 0 aliphatic rings. The topological polar surface area (TPSA) is 17.8 Å². The van der Waals surface area contributed by atoms with E-state index in [4.69, 9.17) is 0 Å². The maximum atomic E-state index is 13.0. The smallest absolute Gasteiger partial charge is 0.123 e. The predicted octanol–water partition coefficient (Wildman–Crippen LogP) is 3.10. The quantitative estimate of drug-likeness (QED) is 0.757. The Morgan fingerprint density at radius 1 is 1.31 bits per heavy atom. The Labute approximate surface area is 94.7 Å². The van der Waals surface area contributed by atoms with Gasteiger partial charge in [0.05, 0.1) is 5.69 Å². The molecule has 2 aromatic rings. The van der Waals surface area contributed by atoms with Crippen LogP contribution in [0.5, 0.6) is 0 Å². The first-order valence-electron chi connectivity index (χ1n) is 5.41. The van der Waals surface area contributed by atoms with E-state index in [1.807, 2.05) is 18.7 Å². The molecule has 16 heavy (non-hydrogen) atoms. The zero-order valence-corrected chi connectivity index (χ0v) is 9.79. The summed E-state index contributed by atoms with van der Waals surface area (Å²) in [4.78, 5) is 0. The van der Waals surface area contributed by atoms with Crippen LogP contribution < -0.4 is 0 Å². The fraction of sp³-hybridized carbons (Fsp3) is 0.308. The molecule has 1 aromatic heterocycles. The molecule has 0 aliphatic carbocycles. The van der Waals surface area contributed by atoms with Gasteiger partial charge in [0.25, 0.3) is 0 Å². The van der Waals surface area contributed by atoms with Crippen molar-refractivity contribution in [1.29, 1.82) is 0 Å². The first-order valence-corrected chi connectivity index (χ1v) is 5.41. The third-order valence-electron chi connectivity index (χ3n) is 2.80. The molecule has 0 aliphatic heterocycles. The largest absolute Gasteiger partial charge is 0.272 e. The summed E-state index contributed by atoms with van der Waals surface area (Å²) in [5, 5.41) is 4.44. The van der Waals surface area contributed by atoms with Crippen molar-refractivity contribution in [3.63, 3.8) is 0 Å². The van der Waals surface area contributed by atoms with Gasteiger partial charge in [-0.25, -0.2) is 4.39 Å². The first kappa shape index (κ1) is 10.9. The number of nitrogens with zero attached hydrogens (tertiary/aromatic N) is 2. The van der Waals surface area contributed by atoms with E-state index < -0.39 is 0 Å². The number of benzene rings is 1. The summed E-state index contributed by atoms with van der Waals surface area (Å²) in [6.07, 6.45) is 0.948. The Hall–Kier alpha value is -1.64. The van der Waals surface area contributed by atoms with Crippen LogP contribution in [0.1, 0.15) is 18.2 Å². The van der Waals surface area contributed by atoms with Gasteiger partial charge in [-0.05, 0) is 43.2 Å². The third-order valence-corrected chi connectivity index (χ3v) is 2.80. The van der Waals surface area contributed by atoms with E-state index in [-0.39, 0.29) is 5.82 Å². The summed E-state index contributed by atoms with van der Waals surface area (Å²) in [5.41, 5.74) is 4.01. The van der Waals surface area contributed by atoms with Gasteiger partial charge in [-0.1, -0.05) is 6.92 Å². The molecule has 0 amide bonds. The van der Waals surface area contributed by atoms with Gasteiger partial charge < -0.3 is 0 Å². The standard InChI is InChI=1S/C13H15FN2/c1-4-11-8-13(15-16(11)3)12-6-5-10(14)7-9(12)2/h5-8H,4H2,1-3H3. The molecule has 3 heteroatoms. The Kier molecular flexibility index (Phi) is 2.77. The minimum Gasteiger partial charge on any atom is -0.272 e. The lowest BCUT2D eigenvalue weighted by atomic mass is 10.1. The molecule has 0 N–H and O–H groups in total. The average Bonchev–Trinajstić information content (AvgIpc) is 2.59. The van der Waals surface area contributed by atoms with Gasteiger partial charge in [-0.15, -0.1) is 0 Å². The summed E-state index contributed by atoms with van der Waals surface area (Å²) < 4.78 is 14.9. The summed E-state index contributed by atoms with van der Waals surface area (Å²) >= 11 is 0. The number of aryl methyl sites for hydroxylation is 3. The monoisotopic (exact) mass is 218 g/mol. The molecule has 1 heterocycles. The lowest BCUT2D eigenvalue weighted by Crippen LogP contribution is -1.95. The molecular formula is C13H15FN2. The Bertz CT molecular complexity index is 515. The van der Waals surface area contributed by atoms with E-state index in [0.29, 0.717) is 0 Å². The second kappa shape index (κ2) is 4.08. The molecule has 2 nitrogen and oxygen atoms in total. The SMILES string of the molecule is CCc1cc(-c2ccc(F)cc2C)nn1C. The van der Waals surface area contributed by atoms with Crippen molar-refractivity contribution in [3.8, 4) is 11.3 Å². The van der Waals surface area contributed by atoms with Crippen LogP contribution in [0, 0.1) is 12.7 Å². The van der Waals surface area contributed by atoms with Crippen molar-refractivity contribution in [1.82, 2.24) is 9.78 Å². The third kappa shape index (κ3) is 1.85. The lowest BCUT2D eigenvalue weighted by molar-refractivity contribution is 0.627. The van der Waals surface area contributed by atoms with Crippen molar-refractivity contribution in [3.05, 3.63) is 41.3 Å². The maximum absolute atomic E-state index is 13.0. The number of rotatable bonds is 2. The second-order valence-corrected chi connectivity index (χ2v) is 3.96. The van der Waals surface area contributed by atoms with Crippen LogP contribution in [0.15, 0.2) is 24.3 Å². The number of aromatic nitrogens is 2. The zero-order valence-electron chi connectivity index (χ0n) is 9.79. The van der Waals surface area contributed by atoms with Gasteiger partial charge in [0.2, 0.25) is 0 Å². The molecule has 2 rings (SSSR count). The van der Waals surface area contributed by atoms with Crippen LogP contribution in [-0.2, 0) is 13.5 Å². The molecule has 0 bridgehead atoms. The van der Waals surface area contributed by atoms with Gasteiger partial charge in [-0.3, -0.25) is 4.68 Å². The van der Waals surface area contributed by atoms with Crippen molar-refractivity contribution >= 4 is 0 Å². The van der Waals surface area contributed by atoms with Crippen LogP contribution in [0.25, 0.3) is 11.3 Å². The molecule has 1 aromatic carbocycles. The van der Waals surface area contributed by atoms with Gasteiger partial charge in [0.1, 0.15) is 5.82 Å². The van der Waals surface area contributed by atoms with E-state index in [9.17, 15) is 4.39 Å². The Morgan fingerprint density at radius 2 is 2.06 bits per heavy atom. The van der Waals surface area contributed by atoms with Gasteiger partial charge in [-0.2, -0.15) is 5.10 Å². The van der Waals surface area contributed by atoms with Crippen molar-refractivity contribution < 1.29 is 4.39 Å². The molecule has 0 fully saturated rings. The normalized spacial score (nSPS) is 10.8. The number of hydrogen-bond acceptors (Lipinski definition) is 1. The maximum Gasteiger partial charge on any atom is 0.123 e. The van der Waals surface area contributed by atoms with E-state index >= 15 is 0 Å². The number of hydrogen-bond donors (Lipinski definition) is 0. The summed E-state index contributed by atoms with van der Waals surface area (Å²) in [6.45, 7) is 4.00. The average molecular weight is 218 g/mol. The molecule has 0 radical (unpaired) electrons. The van der Waals surface area contributed by atoms with Crippen LogP contribution >= 0.6 is 0 Å². The van der Waals surface area contributed by atoms with Crippen LogP contribution in [-0.4, -0.2) is 9.78 Å². The minimum absolute atomic E-state index is 0.201. The Morgan fingerprint density at radius 3 is 2.62 bits per heavy atom. The highest BCUT2D eigenvalue weighted by Crippen LogP contribution is 2.23. The van der Waals surface area contributed by atoms with Gasteiger partial charge in [0, 0.05) is 18.3 Å². The molecule has 0 saturated carbocycles. The van der Waals surface area contributed by atoms with Gasteiger partial charge in [0.15, 0.2) is 0 Å². The summed E-state index contributed by atoms with van der Waals surface area (Å²) in [5.74, 6) is -0.201. The van der Waals surface area contributed by atoms with Crippen molar-refractivity contribution in [2.24, 2.45) is 7.05 Å². The fourth-order valence-electron chi connectivity index (χ4n) is 1.88. The summed E-state index contributed by atoms with van der Waals surface area (Å²) in [6, 6.07) is 6.85. The molecule has 84 valence electrons. The molecular weight excluding hydrogens is 203 g/mol. The number of halogens is 1. The molecule has 0 atom stereocenters. The highest BCUT2D eigenvalue weighted by atomic mass is 19.1. The Balaban J connectivity index is 2.50. The van der Waals surface area contributed by atoms with Gasteiger partial charge >= 0.3 is 0 Å². The predicted molar refractivity (Wildman–Crippen MR) is 62.7 cm³/mol. The van der Waals surface area contributed by atoms with E-state index in [1.165, 1.54) is 17.8 Å². The molecule has 0 saturated heterocycles. The van der Waals surface area contributed by atoms with Crippen LogP contribution in [0.3, 0.4) is 0 Å². The van der Waals surface area contributed by atoms with Crippen LogP contribution in [0.4, 0.5) is 4.39 Å². The van der Waals surface area contributed by atoms with Crippen molar-refractivity contribution in [2.45, 2.75) is 20.3 Å². The molecule has 0 unspecified atom stereocenters. The highest BCUT2D eigenvalue weighted by Gasteiger charge is 2.08. The highest BCUT2D eigenvalue weighted by molar-refractivity contribution is 5.63.